The van der Waals surface area contributed by atoms with Gasteiger partial charge < -0.3 is 5.32 Å². The van der Waals surface area contributed by atoms with Crippen molar-refractivity contribution in [3.8, 4) is 5.69 Å². The molecule has 0 bridgehead atoms. The lowest BCUT2D eigenvalue weighted by atomic mass is 10.1. The summed E-state index contributed by atoms with van der Waals surface area (Å²) in [6, 6.07) is 13.1. The van der Waals surface area contributed by atoms with Gasteiger partial charge in [-0.3, -0.25) is 14.9 Å². The molecule has 0 aliphatic heterocycles. The molecule has 2 aromatic heterocycles. The smallest absolute Gasteiger partial charge is 0.334 e. The van der Waals surface area contributed by atoms with E-state index >= 15 is 0 Å². The van der Waals surface area contributed by atoms with E-state index in [4.69, 9.17) is 5.14 Å². The van der Waals surface area contributed by atoms with Crippen LogP contribution >= 0.6 is 11.9 Å². The molecule has 0 fully saturated rings. The van der Waals surface area contributed by atoms with E-state index in [1.807, 2.05) is 24.3 Å². The molecular weight excluding hydrogens is 407 g/mol. The monoisotopic (exact) mass is 424 g/mol. The summed E-state index contributed by atoms with van der Waals surface area (Å²) in [7, 11) is 0. The van der Waals surface area contributed by atoms with Gasteiger partial charge in [0.05, 0.1) is 5.69 Å². The Morgan fingerprint density at radius 1 is 1.17 bits per heavy atom. The van der Waals surface area contributed by atoms with Gasteiger partial charge in [-0.25, -0.2) is 18.7 Å². The Morgan fingerprint density at radius 3 is 2.70 bits per heavy atom. The number of H-pyrrole nitrogens is 1. The molecule has 30 heavy (non-hydrogen) atoms. The maximum absolute atomic E-state index is 13.5. The molecule has 0 amide bonds. The summed E-state index contributed by atoms with van der Waals surface area (Å²) in [5.74, 6) is -0.263. The van der Waals surface area contributed by atoms with Gasteiger partial charge in [-0.2, -0.15) is 4.98 Å². The van der Waals surface area contributed by atoms with Crippen molar-refractivity contribution in [3.63, 3.8) is 0 Å². The van der Waals surface area contributed by atoms with Gasteiger partial charge in [0.15, 0.2) is 5.65 Å². The van der Waals surface area contributed by atoms with E-state index in [-0.39, 0.29) is 22.7 Å². The lowest BCUT2D eigenvalue weighted by Crippen LogP contribution is -2.34. The largest absolute Gasteiger partial charge is 0.354 e. The molecule has 0 aliphatic carbocycles. The minimum absolute atomic E-state index is 0.111. The molecule has 0 radical (unpaired) electrons. The van der Waals surface area contributed by atoms with Gasteiger partial charge in [0, 0.05) is 17.6 Å². The van der Waals surface area contributed by atoms with Crippen LogP contribution < -0.4 is 21.7 Å². The van der Waals surface area contributed by atoms with Gasteiger partial charge in [0.25, 0.3) is 5.56 Å². The number of nitrogens with one attached hydrogen (secondary N) is 2. The number of nitrogens with two attached hydrogens (primary N) is 1. The van der Waals surface area contributed by atoms with Crippen LogP contribution in [0.15, 0.2) is 69.2 Å². The highest BCUT2D eigenvalue weighted by molar-refractivity contribution is 7.97. The van der Waals surface area contributed by atoms with Crippen molar-refractivity contribution in [2.75, 3.05) is 11.9 Å². The first kappa shape index (κ1) is 19.8. The van der Waals surface area contributed by atoms with E-state index in [2.05, 4.69) is 20.3 Å². The zero-order chi connectivity index (χ0) is 21.1. The predicted octanol–water partition coefficient (Wildman–Crippen LogP) is 2.23. The van der Waals surface area contributed by atoms with Crippen LogP contribution in [0.4, 0.5) is 10.3 Å². The van der Waals surface area contributed by atoms with Crippen LogP contribution in [0, 0.1) is 5.82 Å². The molecule has 152 valence electrons. The van der Waals surface area contributed by atoms with E-state index in [1.165, 1.54) is 36.3 Å². The lowest BCUT2D eigenvalue weighted by molar-refractivity contribution is 0.626. The van der Waals surface area contributed by atoms with Crippen molar-refractivity contribution < 1.29 is 4.39 Å². The Balaban J connectivity index is 1.56. The van der Waals surface area contributed by atoms with Crippen molar-refractivity contribution in [1.29, 1.82) is 0 Å². The van der Waals surface area contributed by atoms with E-state index in [0.717, 1.165) is 27.5 Å². The molecule has 4 N–H and O–H groups in total. The van der Waals surface area contributed by atoms with Crippen molar-refractivity contribution in [3.05, 3.63) is 86.9 Å². The highest BCUT2D eigenvalue weighted by Gasteiger charge is 2.12. The molecule has 4 aromatic rings. The summed E-state index contributed by atoms with van der Waals surface area (Å²) in [6.45, 7) is 0.561. The average Bonchev–Trinajstić information content (AvgIpc) is 2.74. The molecule has 0 spiro atoms. The number of hydrogen-bond acceptors (Lipinski definition) is 7. The first-order chi connectivity index (χ1) is 14.5. The van der Waals surface area contributed by atoms with Crippen LogP contribution in [0.5, 0.6) is 0 Å². The van der Waals surface area contributed by atoms with Gasteiger partial charge in [-0.05, 0) is 54.3 Å². The highest BCUT2D eigenvalue weighted by atomic mass is 32.2. The van der Waals surface area contributed by atoms with Gasteiger partial charge >= 0.3 is 5.69 Å². The summed E-state index contributed by atoms with van der Waals surface area (Å²) in [5, 5.41) is 8.71. The molecular formula is C20H17FN6O2S. The summed E-state index contributed by atoms with van der Waals surface area (Å²) in [4.78, 5) is 37.1. The predicted molar refractivity (Wildman–Crippen MR) is 114 cm³/mol. The number of halogens is 1. The number of aromatic amines is 1. The first-order valence-corrected chi connectivity index (χ1v) is 9.91. The Kier molecular flexibility index (Phi) is 5.59. The van der Waals surface area contributed by atoms with Crippen molar-refractivity contribution in [2.24, 2.45) is 5.14 Å². The topological polar surface area (TPSA) is 119 Å². The number of fused-ring (bicyclic) bond motifs is 1. The molecule has 0 saturated carbocycles. The summed E-state index contributed by atoms with van der Waals surface area (Å²) < 4.78 is 14.3. The van der Waals surface area contributed by atoms with E-state index in [1.54, 1.807) is 0 Å². The van der Waals surface area contributed by atoms with Gasteiger partial charge in [0.2, 0.25) is 5.95 Å². The molecule has 0 aliphatic rings. The molecule has 2 heterocycles. The zero-order valence-corrected chi connectivity index (χ0v) is 16.4. The second kappa shape index (κ2) is 8.47. The Hall–Kier alpha value is -3.50. The minimum atomic E-state index is -0.708. The van der Waals surface area contributed by atoms with Crippen LogP contribution in [-0.4, -0.2) is 26.1 Å². The molecule has 0 atom stereocenters. The molecule has 10 heteroatoms. The van der Waals surface area contributed by atoms with E-state index < -0.39 is 17.1 Å². The molecule has 0 saturated heterocycles. The average molecular weight is 424 g/mol. The van der Waals surface area contributed by atoms with Crippen molar-refractivity contribution >= 4 is 28.9 Å². The SMILES string of the molecule is NSc1ccc(CCNc2ncc3c(=O)n(-c4cccc(F)c4)c(=O)[nH]c3n2)cc1. The summed E-state index contributed by atoms with van der Waals surface area (Å²) in [5.41, 5.74) is 0.0285. The van der Waals surface area contributed by atoms with E-state index in [0.29, 0.717) is 6.54 Å². The van der Waals surface area contributed by atoms with Gasteiger partial charge in [-0.15, -0.1) is 0 Å². The first-order valence-electron chi connectivity index (χ1n) is 9.03. The maximum Gasteiger partial charge on any atom is 0.334 e. The summed E-state index contributed by atoms with van der Waals surface area (Å²) in [6.07, 6.45) is 2.07. The number of nitrogens with zero attached hydrogens (tertiary/aromatic N) is 3. The van der Waals surface area contributed by atoms with E-state index in [9.17, 15) is 14.0 Å². The quantitative estimate of drug-likeness (QED) is 0.406. The third-order valence-electron chi connectivity index (χ3n) is 4.47. The van der Waals surface area contributed by atoms with Gasteiger partial charge in [0.1, 0.15) is 11.2 Å². The number of rotatable bonds is 6. The highest BCUT2D eigenvalue weighted by Crippen LogP contribution is 2.13. The minimum Gasteiger partial charge on any atom is -0.354 e. The molecule has 2 aromatic carbocycles. The Labute approximate surface area is 174 Å². The number of hydrogen-bond donors (Lipinski definition) is 3. The standard InChI is InChI=1S/C20H17FN6O2S/c21-13-2-1-3-14(10-13)27-18(28)16-11-24-19(25-17(16)26-20(27)29)23-9-8-12-4-6-15(30-22)7-5-12/h1-7,10-11H,8-9,22H2,(H2,23,24,25,26,29). The zero-order valence-electron chi connectivity index (χ0n) is 15.6. The van der Waals surface area contributed by atoms with Crippen LogP contribution in [0.25, 0.3) is 16.7 Å². The number of aromatic nitrogens is 4. The van der Waals surface area contributed by atoms with Crippen LogP contribution in [0.3, 0.4) is 0 Å². The van der Waals surface area contributed by atoms with Crippen LogP contribution in [0.2, 0.25) is 0 Å². The summed E-state index contributed by atoms with van der Waals surface area (Å²) >= 11 is 1.19. The Morgan fingerprint density at radius 2 is 1.97 bits per heavy atom. The maximum atomic E-state index is 13.5. The normalized spacial score (nSPS) is 11.0. The fraction of sp³-hybridized carbons (Fsp3) is 0.100. The van der Waals surface area contributed by atoms with Gasteiger partial charge in [-0.1, -0.05) is 18.2 Å². The second-order valence-corrected chi connectivity index (χ2v) is 7.15. The molecule has 0 unspecified atom stereocenters. The molecule has 4 rings (SSSR count). The van der Waals surface area contributed by atoms with Crippen molar-refractivity contribution in [2.45, 2.75) is 11.3 Å². The Bertz CT molecular complexity index is 1320. The van der Waals surface area contributed by atoms with Crippen LogP contribution in [-0.2, 0) is 6.42 Å². The fourth-order valence-corrected chi connectivity index (χ4v) is 3.28. The fourth-order valence-electron chi connectivity index (χ4n) is 2.99. The third-order valence-corrected chi connectivity index (χ3v) is 5.02. The second-order valence-electron chi connectivity index (χ2n) is 6.45. The third kappa shape index (κ3) is 4.09. The number of anilines is 1. The van der Waals surface area contributed by atoms with Crippen molar-refractivity contribution in [1.82, 2.24) is 19.5 Å². The number of benzene rings is 2. The molecule has 8 nitrogen and oxygen atoms in total. The van der Waals surface area contributed by atoms with Crippen LogP contribution in [0.1, 0.15) is 5.56 Å². The lowest BCUT2D eigenvalue weighted by Gasteiger charge is -2.08.